The summed E-state index contributed by atoms with van der Waals surface area (Å²) in [5, 5.41) is 5.14. The second-order valence-electron chi connectivity index (χ2n) is 6.38. The number of rotatable bonds is 5. The first kappa shape index (κ1) is 18.3. The van der Waals surface area contributed by atoms with Gasteiger partial charge in [-0.3, -0.25) is 15.0 Å². The Morgan fingerprint density at radius 2 is 1.83 bits per heavy atom. The van der Waals surface area contributed by atoms with Gasteiger partial charge in [-0.1, -0.05) is 25.1 Å². The number of nitrogens with zero attached hydrogens (tertiary/aromatic N) is 2. The minimum atomic E-state index is -0.409. The summed E-state index contributed by atoms with van der Waals surface area (Å²) in [5.41, 5.74) is 2.53. The molecular weight excluding hydrogens is 304 g/mol. The van der Waals surface area contributed by atoms with Crippen molar-refractivity contribution in [2.24, 2.45) is 0 Å². The molecule has 1 saturated heterocycles. The Hall–Kier alpha value is -2.08. The van der Waals surface area contributed by atoms with Gasteiger partial charge in [0.2, 0.25) is 5.91 Å². The van der Waals surface area contributed by atoms with Gasteiger partial charge in [0.25, 0.3) is 0 Å². The fourth-order valence-corrected chi connectivity index (χ4v) is 2.80. The van der Waals surface area contributed by atoms with Crippen LogP contribution in [-0.2, 0) is 4.79 Å². The maximum atomic E-state index is 12.0. The zero-order chi connectivity index (χ0) is 17.5. The van der Waals surface area contributed by atoms with E-state index in [0.717, 1.165) is 32.6 Å². The van der Waals surface area contributed by atoms with Crippen LogP contribution >= 0.6 is 0 Å². The molecule has 0 saturated carbocycles. The van der Waals surface area contributed by atoms with Gasteiger partial charge in [-0.25, -0.2) is 4.79 Å². The Balaban J connectivity index is 1.76. The van der Waals surface area contributed by atoms with Crippen LogP contribution in [0.4, 0.5) is 10.5 Å². The molecule has 0 unspecified atom stereocenters. The van der Waals surface area contributed by atoms with E-state index in [9.17, 15) is 9.59 Å². The highest BCUT2D eigenvalue weighted by Crippen LogP contribution is 2.20. The molecular formula is C18H28N4O2. The van der Waals surface area contributed by atoms with Gasteiger partial charge < -0.3 is 10.2 Å². The standard InChI is InChI=1S/C18H28N4O2/c1-4-15(3)19-18(24)20-17(23)13-21-9-11-22(12-10-21)16-8-6-5-7-14(16)2/h5-8,15H,4,9-13H2,1-3H3,(H2,19,20,23,24)/t15-/m1/s1. The van der Waals surface area contributed by atoms with Gasteiger partial charge in [0, 0.05) is 37.9 Å². The Morgan fingerprint density at radius 3 is 2.46 bits per heavy atom. The Morgan fingerprint density at radius 1 is 1.17 bits per heavy atom. The summed E-state index contributed by atoms with van der Waals surface area (Å²) in [6.07, 6.45) is 0.836. The zero-order valence-corrected chi connectivity index (χ0v) is 14.8. The number of hydrogen-bond donors (Lipinski definition) is 2. The molecule has 0 spiro atoms. The highest BCUT2D eigenvalue weighted by Gasteiger charge is 2.20. The lowest BCUT2D eigenvalue weighted by Crippen LogP contribution is -2.51. The van der Waals surface area contributed by atoms with Gasteiger partial charge in [0.15, 0.2) is 0 Å². The number of benzene rings is 1. The van der Waals surface area contributed by atoms with E-state index >= 15 is 0 Å². The molecule has 2 rings (SSSR count). The van der Waals surface area contributed by atoms with Crippen molar-refractivity contribution < 1.29 is 9.59 Å². The van der Waals surface area contributed by atoms with Gasteiger partial charge in [-0.2, -0.15) is 0 Å². The molecule has 1 atom stereocenters. The van der Waals surface area contributed by atoms with Crippen LogP contribution in [0, 0.1) is 6.92 Å². The van der Waals surface area contributed by atoms with Gasteiger partial charge in [-0.05, 0) is 31.9 Å². The SMILES string of the molecule is CC[C@@H](C)NC(=O)NC(=O)CN1CCN(c2ccccc2C)CC1. The van der Waals surface area contributed by atoms with E-state index in [-0.39, 0.29) is 18.5 Å². The molecule has 1 aromatic carbocycles. The molecule has 0 aliphatic carbocycles. The molecule has 0 radical (unpaired) electrons. The smallest absolute Gasteiger partial charge is 0.321 e. The molecule has 1 aromatic rings. The maximum absolute atomic E-state index is 12.0. The van der Waals surface area contributed by atoms with Crippen molar-refractivity contribution in [3.05, 3.63) is 29.8 Å². The second kappa shape index (κ2) is 8.68. The molecule has 3 amide bonds. The molecule has 0 bridgehead atoms. The highest BCUT2D eigenvalue weighted by atomic mass is 16.2. The average Bonchev–Trinajstić information content (AvgIpc) is 2.55. The monoisotopic (exact) mass is 332 g/mol. The van der Waals surface area contributed by atoms with Crippen LogP contribution in [0.2, 0.25) is 0 Å². The van der Waals surface area contributed by atoms with Crippen LogP contribution in [0.5, 0.6) is 0 Å². The lowest BCUT2D eigenvalue weighted by atomic mass is 10.1. The van der Waals surface area contributed by atoms with Crippen LogP contribution < -0.4 is 15.5 Å². The molecule has 1 aliphatic rings. The fourth-order valence-electron chi connectivity index (χ4n) is 2.80. The summed E-state index contributed by atoms with van der Waals surface area (Å²) in [6.45, 7) is 9.67. The lowest BCUT2D eigenvalue weighted by Gasteiger charge is -2.36. The van der Waals surface area contributed by atoms with Gasteiger partial charge in [-0.15, -0.1) is 0 Å². The Labute approximate surface area is 144 Å². The van der Waals surface area contributed by atoms with Crippen molar-refractivity contribution in [2.75, 3.05) is 37.6 Å². The molecule has 132 valence electrons. The number of amides is 3. The zero-order valence-electron chi connectivity index (χ0n) is 14.8. The third-order valence-corrected chi connectivity index (χ3v) is 4.44. The number of carbonyl (C=O) groups is 2. The van der Waals surface area contributed by atoms with Crippen molar-refractivity contribution in [3.8, 4) is 0 Å². The van der Waals surface area contributed by atoms with E-state index < -0.39 is 6.03 Å². The minimum absolute atomic E-state index is 0.0652. The summed E-state index contributed by atoms with van der Waals surface area (Å²) in [5.74, 6) is -0.250. The summed E-state index contributed by atoms with van der Waals surface area (Å²) in [6, 6.07) is 8.01. The summed E-state index contributed by atoms with van der Waals surface area (Å²) < 4.78 is 0. The number of hydrogen-bond acceptors (Lipinski definition) is 4. The second-order valence-corrected chi connectivity index (χ2v) is 6.38. The van der Waals surface area contributed by atoms with Crippen molar-refractivity contribution in [1.29, 1.82) is 0 Å². The number of imide groups is 1. The highest BCUT2D eigenvalue weighted by molar-refractivity contribution is 5.95. The molecule has 1 heterocycles. The summed E-state index contributed by atoms with van der Waals surface area (Å²) in [7, 11) is 0. The molecule has 2 N–H and O–H groups in total. The van der Waals surface area contributed by atoms with Crippen molar-refractivity contribution in [2.45, 2.75) is 33.2 Å². The first-order valence-electron chi connectivity index (χ1n) is 8.63. The van der Waals surface area contributed by atoms with Crippen LogP contribution in [0.1, 0.15) is 25.8 Å². The summed E-state index contributed by atoms with van der Waals surface area (Å²) >= 11 is 0. The third kappa shape index (κ3) is 5.23. The Kier molecular flexibility index (Phi) is 6.61. The molecule has 6 nitrogen and oxygen atoms in total. The van der Waals surface area contributed by atoms with Crippen LogP contribution in [0.3, 0.4) is 0 Å². The largest absolute Gasteiger partial charge is 0.369 e. The molecule has 6 heteroatoms. The fraction of sp³-hybridized carbons (Fsp3) is 0.556. The van der Waals surface area contributed by atoms with E-state index in [1.54, 1.807) is 0 Å². The minimum Gasteiger partial charge on any atom is -0.369 e. The van der Waals surface area contributed by atoms with Gasteiger partial charge in [0.05, 0.1) is 6.54 Å². The van der Waals surface area contributed by atoms with Crippen molar-refractivity contribution >= 4 is 17.6 Å². The first-order chi connectivity index (χ1) is 11.5. The van der Waals surface area contributed by atoms with E-state index in [1.165, 1.54) is 11.3 Å². The summed E-state index contributed by atoms with van der Waals surface area (Å²) in [4.78, 5) is 28.1. The Bertz CT molecular complexity index is 568. The molecule has 24 heavy (non-hydrogen) atoms. The number of nitrogens with one attached hydrogen (secondary N) is 2. The number of aryl methyl sites for hydroxylation is 1. The number of anilines is 1. The van der Waals surface area contributed by atoms with Crippen molar-refractivity contribution in [1.82, 2.24) is 15.5 Å². The van der Waals surface area contributed by atoms with Crippen LogP contribution in [-0.4, -0.2) is 55.6 Å². The number of carbonyl (C=O) groups excluding carboxylic acids is 2. The predicted octanol–water partition coefficient (Wildman–Crippen LogP) is 1.74. The maximum Gasteiger partial charge on any atom is 0.321 e. The van der Waals surface area contributed by atoms with Crippen LogP contribution in [0.15, 0.2) is 24.3 Å². The molecule has 1 fully saturated rings. The lowest BCUT2D eigenvalue weighted by molar-refractivity contribution is -0.121. The number of urea groups is 1. The quantitative estimate of drug-likeness (QED) is 0.862. The normalized spacial score (nSPS) is 16.5. The molecule has 1 aliphatic heterocycles. The van der Waals surface area contributed by atoms with Gasteiger partial charge >= 0.3 is 6.03 Å². The van der Waals surface area contributed by atoms with E-state index in [2.05, 4.69) is 45.6 Å². The van der Waals surface area contributed by atoms with E-state index in [1.807, 2.05) is 19.9 Å². The van der Waals surface area contributed by atoms with Gasteiger partial charge in [0.1, 0.15) is 0 Å². The number of para-hydroxylation sites is 1. The predicted molar refractivity (Wildman–Crippen MR) is 96.3 cm³/mol. The molecule has 0 aromatic heterocycles. The number of piperazine rings is 1. The average molecular weight is 332 g/mol. The van der Waals surface area contributed by atoms with E-state index in [4.69, 9.17) is 0 Å². The third-order valence-electron chi connectivity index (χ3n) is 4.44. The topological polar surface area (TPSA) is 64.7 Å². The first-order valence-corrected chi connectivity index (χ1v) is 8.63. The van der Waals surface area contributed by atoms with Crippen LogP contribution in [0.25, 0.3) is 0 Å². The van der Waals surface area contributed by atoms with E-state index in [0.29, 0.717) is 0 Å². The van der Waals surface area contributed by atoms with Crippen molar-refractivity contribution in [3.63, 3.8) is 0 Å².